The number of piperazine rings is 1. The zero-order valence-corrected chi connectivity index (χ0v) is 17.9. The van der Waals surface area contributed by atoms with Crippen molar-refractivity contribution in [3.8, 4) is 0 Å². The lowest BCUT2D eigenvalue weighted by Crippen LogP contribution is -2.46. The van der Waals surface area contributed by atoms with E-state index in [0.717, 1.165) is 43.0 Å². The second-order valence-corrected chi connectivity index (χ2v) is 8.62. The maximum atomic E-state index is 12.1. The van der Waals surface area contributed by atoms with Crippen LogP contribution in [0.4, 0.5) is 11.5 Å². The van der Waals surface area contributed by atoms with Gasteiger partial charge in [0, 0.05) is 43.8 Å². The number of amides is 1. The second kappa shape index (κ2) is 8.30. The fraction of sp³-hybridized carbons (Fsp3) is 0.455. The van der Waals surface area contributed by atoms with Gasteiger partial charge in [0.05, 0.1) is 18.1 Å². The van der Waals surface area contributed by atoms with Gasteiger partial charge in [-0.3, -0.25) is 4.79 Å². The van der Waals surface area contributed by atoms with Crippen LogP contribution in [0.3, 0.4) is 0 Å². The fourth-order valence-electron chi connectivity index (χ4n) is 3.65. The van der Waals surface area contributed by atoms with Crippen molar-refractivity contribution < 1.29 is 4.79 Å². The number of rotatable bonds is 5. The lowest BCUT2D eigenvalue weighted by Gasteiger charge is -2.36. The molecule has 0 spiro atoms. The van der Waals surface area contributed by atoms with Gasteiger partial charge in [-0.25, -0.2) is 14.6 Å². The lowest BCUT2D eigenvalue weighted by atomic mass is 9.96. The smallest absolute Gasteiger partial charge is 0.225 e. The normalized spacial score (nSPS) is 14.9. The number of fused-ring (bicyclic) bond motifs is 1. The van der Waals surface area contributed by atoms with Crippen LogP contribution in [-0.4, -0.2) is 58.4 Å². The number of para-hydroxylation sites is 1. The molecule has 0 aliphatic carbocycles. The van der Waals surface area contributed by atoms with Gasteiger partial charge in [0.1, 0.15) is 12.1 Å². The second-order valence-electron chi connectivity index (χ2n) is 8.62. The summed E-state index contributed by atoms with van der Waals surface area (Å²) in [7, 11) is 0. The molecule has 1 fully saturated rings. The summed E-state index contributed by atoms with van der Waals surface area (Å²) in [5.74, 6) is 0.961. The van der Waals surface area contributed by atoms with Gasteiger partial charge in [-0.2, -0.15) is 5.10 Å². The van der Waals surface area contributed by atoms with E-state index >= 15 is 0 Å². The minimum absolute atomic E-state index is 0.0329. The average Bonchev–Trinajstić information content (AvgIpc) is 3.17. The van der Waals surface area contributed by atoms with Crippen molar-refractivity contribution >= 4 is 28.4 Å². The molecule has 1 N–H and O–H groups in total. The molecule has 8 heteroatoms. The molecule has 4 rings (SSSR count). The van der Waals surface area contributed by atoms with Crippen LogP contribution in [0.5, 0.6) is 0 Å². The average molecular weight is 408 g/mol. The standard InChI is InChI=1S/C22H29N7O/c1-22(2,3)21(30)23-9-10-29-20-18(15-26-29)19(24-16-25-20)28-13-11-27(12-14-28)17-7-5-4-6-8-17/h4-8,15-16H,9-14H2,1-3H3,(H,23,30). The van der Waals surface area contributed by atoms with E-state index in [0.29, 0.717) is 13.1 Å². The van der Waals surface area contributed by atoms with Gasteiger partial charge in [-0.05, 0) is 12.1 Å². The van der Waals surface area contributed by atoms with Crippen molar-refractivity contribution in [3.63, 3.8) is 0 Å². The molecule has 0 radical (unpaired) electrons. The monoisotopic (exact) mass is 407 g/mol. The first-order valence-electron chi connectivity index (χ1n) is 10.4. The number of carbonyl (C=O) groups excluding carboxylic acids is 1. The molecule has 0 bridgehead atoms. The van der Waals surface area contributed by atoms with Crippen molar-refractivity contribution in [1.82, 2.24) is 25.1 Å². The zero-order valence-electron chi connectivity index (χ0n) is 17.9. The summed E-state index contributed by atoms with van der Waals surface area (Å²) in [6.07, 6.45) is 3.44. The van der Waals surface area contributed by atoms with Crippen LogP contribution in [-0.2, 0) is 11.3 Å². The number of hydrogen-bond acceptors (Lipinski definition) is 6. The molecule has 0 atom stereocenters. The Morgan fingerprint density at radius 3 is 2.43 bits per heavy atom. The van der Waals surface area contributed by atoms with Gasteiger partial charge >= 0.3 is 0 Å². The summed E-state index contributed by atoms with van der Waals surface area (Å²) in [5.41, 5.74) is 1.66. The number of nitrogens with one attached hydrogen (secondary N) is 1. The largest absolute Gasteiger partial charge is 0.368 e. The van der Waals surface area contributed by atoms with Crippen LogP contribution < -0.4 is 15.1 Å². The molecular weight excluding hydrogens is 378 g/mol. The van der Waals surface area contributed by atoms with Gasteiger partial charge < -0.3 is 15.1 Å². The molecule has 0 unspecified atom stereocenters. The summed E-state index contributed by atoms with van der Waals surface area (Å²) in [4.78, 5) is 25.8. The fourth-order valence-corrected chi connectivity index (χ4v) is 3.65. The number of aromatic nitrogens is 4. The summed E-state index contributed by atoms with van der Waals surface area (Å²) < 4.78 is 1.84. The Balaban J connectivity index is 1.43. The van der Waals surface area contributed by atoms with Crippen molar-refractivity contribution in [3.05, 3.63) is 42.9 Å². The molecular formula is C22H29N7O. The van der Waals surface area contributed by atoms with E-state index < -0.39 is 5.41 Å². The summed E-state index contributed by atoms with van der Waals surface area (Å²) in [6, 6.07) is 10.5. The van der Waals surface area contributed by atoms with E-state index in [2.05, 4.69) is 54.4 Å². The first kappa shape index (κ1) is 20.1. The number of nitrogens with zero attached hydrogens (tertiary/aromatic N) is 6. The van der Waals surface area contributed by atoms with Gasteiger partial charge in [0.2, 0.25) is 5.91 Å². The van der Waals surface area contributed by atoms with Crippen molar-refractivity contribution in [2.75, 3.05) is 42.5 Å². The third-order valence-electron chi connectivity index (χ3n) is 5.40. The molecule has 158 valence electrons. The van der Waals surface area contributed by atoms with Crippen molar-refractivity contribution in [2.45, 2.75) is 27.3 Å². The number of benzene rings is 1. The maximum absolute atomic E-state index is 12.1. The van der Waals surface area contributed by atoms with E-state index in [1.165, 1.54) is 5.69 Å². The predicted octanol–water partition coefficient (Wildman–Crippen LogP) is 2.32. The lowest BCUT2D eigenvalue weighted by molar-refractivity contribution is -0.128. The van der Waals surface area contributed by atoms with Crippen molar-refractivity contribution in [2.24, 2.45) is 5.41 Å². The highest BCUT2D eigenvalue weighted by atomic mass is 16.2. The Labute approximate surface area is 176 Å². The molecule has 3 aromatic rings. The molecule has 1 aliphatic heterocycles. The van der Waals surface area contributed by atoms with Gasteiger partial charge in [-0.15, -0.1) is 0 Å². The topological polar surface area (TPSA) is 79.2 Å². The molecule has 1 aromatic carbocycles. The molecule has 1 amide bonds. The van der Waals surface area contributed by atoms with Gasteiger partial charge in [0.15, 0.2) is 5.65 Å². The highest BCUT2D eigenvalue weighted by molar-refractivity contribution is 5.87. The van der Waals surface area contributed by atoms with Crippen LogP contribution in [0.15, 0.2) is 42.9 Å². The van der Waals surface area contributed by atoms with E-state index in [1.807, 2.05) is 37.7 Å². The van der Waals surface area contributed by atoms with Crippen LogP contribution in [0.1, 0.15) is 20.8 Å². The highest BCUT2D eigenvalue weighted by Gasteiger charge is 2.22. The van der Waals surface area contributed by atoms with Crippen LogP contribution in [0.2, 0.25) is 0 Å². The molecule has 30 heavy (non-hydrogen) atoms. The first-order chi connectivity index (χ1) is 14.4. The third kappa shape index (κ3) is 4.22. The molecule has 1 saturated heterocycles. The summed E-state index contributed by atoms with van der Waals surface area (Å²) in [5, 5.41) is 8.41. The molecule has 8 nitrogen and oxygen atoms in total. The van der Waals surface area contributed by atoms with Crippen LogP contribution >= 0.6 is 0 Å². The zero-order chi connectivity index (χ0) is 21.1. The molecule has 1 aliphatic rings. The Morgan fingerprint density at radius 2 is 1.73 bits per heavy atom. The Morgan fingerprint density at radius 1 is 1.03 bits per heavy atom. The third-order valence-corrected chi connectivity index (χ3v) is 5.40. The first-order valence-corrected chi connectivity index (χ1v) is 10.4. The summed E-state index contributed by atoms with van der Waals surface area (Å²) in [6.45, 7) is 10.5. The van der Waals surface area contributed by atoms with E-state index in [1.54, 1.807) is 6.33 Å². The van der Waals surface area contributed by atoms with E-state index in [4.69, 9.17) is 0 Å². The van der Waals surface area contributed by atoms with Crippen molar-refractivity contribution in [1.29, 1.82) is 0 Å². The number of hydrogen-bond donors (Lipinski definition) is 1. The Bertz CT molecular complexity index is 1000. The highest BCUT2D eigenvalue weighted by Crippen LogP contribution is 2.25. The van der Waals surface area contributed by atoms with Gasteiger partial charge in [-0.1, -0.05) is 39.0 Å². The van der Waals surface area contributed by atoms with E-state index in [-0.39, 0.29) is 5.91 Å². The van der Waals surface area contributed by atoms with Crippen LogP contribution in [0, 0.1) is 5.41 Å². The molecule has 0 saturated carbocycles. The number of anilines is 2. The minimum Gasteiger partial charge on any atom is -0.368 e. The maximum Gasteiger partial charge on any atom is 0.225 e. The minimum atomic E-state index is -0.399. The van der Waals surface area contributed by atoms with Gasteiger partial charge in [0.25, 0.3) is 0 Å². The Hall–Kier alpha value is -3.16. The summed E-state index contributed by atoms with van der Waals surface area (Å²) >= 11 is 0. The predicted molar refractivity (Wildman–Crippen MR) is 119 cm³/mol. The number of carbonyl (C=O) groups is 1. The quantitative estimate of drug-likeness (QED) is 0.699. The van der Waals surface area contributed by atoms with E-state index in [9.17, 15) is 4.79 Å². The SMILES string of the molecule is CC(C)(C)C(=O)NCCn1ncc2c(N3CCN(c4ccccc4)CC3)ncnc21. The molecule has 3 heterocycles. The van der Waals surface area contributed by atoms with Crippen LogP contribution in [0.25, 0.3) is 11.0 Å². The Kier molecular flexibility index (Phi) is 5.57. The molecule has 2 aromatic heterocycles.